The second kappa shape index (κ2) is 6.76. The van der Waals surface area contributed by atoms with Gasteiger partial charge in [0.15, 0.2) is 0 Å². The van der Waals surface area contributed by atoms with Crippen molar-refractivity contribution in [3.63, 3.8) is 0 Å². The molecule has 4 nitrogen and oxygen atoms in total. The van der Waals surface area contributed by atoms with E-state index in [9.17, 15) is 0 Å². The highest BCUT2D eigenvalue weighted by atomic mass is 16.5. The summed E-state index contributed by atoms with van der Waals surface area (Å²) in [6, 6.07) is 6.65. The third-order valence-corrected chi connectivity index (χ3v) is 3.93. The van der Waals surface area contributed by atoms with E-state index in [1.807, 2.05) is 23.0 Å². The molecule has 1 heterocycles. The SMILES string of the molecule is CCC(C)NCc1cnn(-c2cc(C)ccc2OC)c1C. The van der Waals surface area contributed by atoms with E-state index >= 15 is 0 Å². The molecule has 1 atom stereocenters. The molecule has 1 aromatic heterocycles. The van der Waals surface area contributed by atoms with Gasteiger partial charge >= 0.3 is 0 Å². The minimum Gasteiger partial charge on any atom is -0.494 e. The van der Waals surface area contributed by atoms with Gasteiger partial charge in [0.25, 0.3) is 0 Å². The first-order valence-corrected chi connectivity index (χ1v) is 7.48. The van der Waals surface area contributed by atoms with Crippen molar-refractivity contribution in [3.8, 4) is 11.4 Å². The average Bonchev–Trinajstić information content (AvgIpc) is 2.85. The second-order valence-corrected chi connectivity index (χ2v) is 5.53. The maximum absolute atomic E-state index is 5.46. The van der Waals surface area contributed by atoms with E-state index < -0.39 is 0 Å². The molecule has 0 saturated carbocycles. The van der Waals surface area contributed by atoms with E-state index in [2.05, 4.69) is 44.2 Å². The first kappa shape index (κ1) is 15.6. The molecule has 0 amide bonds. The fourth-order valence-corrected chi connectivity index (χ4v) is 2.25. The summed E-state index contributed by atoms with van der Waals surface area (Å²) in [5.74, 6) is 0.841. The summed E-state index contributed by atoms with van der Waals surface area (Å²) >= 11 is 0. The van der Waals surface area contributed by atoms with Crippen LogP contribution in [0.4, 0.5) is 0 Å². The Morgan fingerprint density at radius 2 is 2.10 bits per heavy atom. The lowest BCUT2D eigenvalue weighted by Gasteiger charge is -2.13. The van der Waals surface area contributed by atoms with Gasteiger partial charge in [-0.1, -0.05) is 13.0 Å². The molecular weight excluding hydrogens is 262 g/mol. The molecule has 0 bridgehead atoms. The van der Waals surface area contributed by atoms with E-state index in [-0.39, 0.29) is 0 Å². The van der Waals surface area contributed by atoms with Crippen LogP contribution in [-0.4, -0.2) is 22.9 Å². The Balaban J connectivity index is 2.30. The number of aromatic nitrogens is 2. The molecular formula is C17H25N3O. The predicted molar refractivity (Wildman–Crippen MR) is 86.2 cm³/mol. The molecule has 114 valence electrons. The van der Waals surface area contributed by atoms with Crippen LogP contribution in [0.2, 0.25) is 0 Å². The van der Waals surface area contributed by atoms with Gasteiger partial charge in [0.2, 0.25) is 0 Å². The van der Waals surface area contributed by atoms with Crippen molar-refractivity contribution in [2.24, 2.45) is 0 Å². The summed E-state index contributed by atoms with van der Waals surface area (Å²) in [5.41, 5.74) is 4.55. The van der Waals surface area contributed by atoms with Gasteiger partial charge in [0.1, 0.15) is 11.4 Å². The van der Waals surface area contributed by atoms with Gasteiger partial charge in [-0.2, -0.15) is 5.10 Å². The fraction of sp³-hybridized carbons (Fsp3) is 0.471. The number of hydrogen-bond acceptors (Lipinski definition) is 3. The molecule has 0 saturated heterocycles. The van der Waals surface area contributed by atoms with Crippen LogP contribution < -0.4 is 10.1 Å². The van der Waals surface area contributed by atoms with Crippen LogP contribution in [0.25, 0.3) is 5.69 Å². The molecule has 1 N–H and O–H groups in total. The lowest BCUT2D eigenvalue weighted by molar-refractivity contribution is 0.411. The summed E-state index contributed by atoms with van der Waals surface area (Å²) in [7, 11) is 1.69. The molecule has 0 fully saturated rings. The Kier molecular flexibility index (Phi) is 5.02. The molecule has 21 heavy (non-hydrogen) atoms. The molecule has 0 aliphatic heterocycles. The number of aryl methyl sites for hydroxylation is 1. The summed E-state index contributed by atoms with van der Waals surface area (Å²) in [6.07, 6.45) is 3.06. The molecule has 0 aliphatic rings. The van der Waals surface area contributed by atoms with Crippen molar-refractivity contribution >= 4 is 0 Å². The van der Waals surface area contributed by atoms with Gasteiger partial charge in [-0.3, -0.25) is 0 Å². The Hall–Kier alpha value is -1.81. The van der Waals surface area contributed by atoms with Crippen LogP contribution in [-0.2, 0) is 6.54 Å². The number of benzene rings is 1. The lowest BCUT2D eigenvalue weighted by Crippen LogP contribution is -2.24. The number of methoxy groups -OCH3 is 1. The first-order valence-electron chi connectivity index (χ1n) is 7.48. The third-order valence-electron chi connectivity index (χ3n) is 3.93. The zero-order valence-corrected chi connectivity index (χ0v) is 13.6. The standard InChI is InChI=1S/C17H25N3O/c1-6-13(3)18-10-15-11-19-20(14(15)4)16-9-12(2)7-8-17(16)21-5/h7-9,11,13,18H,6,10H2,1-5H3. The van der Waals surface area contributed by atoms with Crippen LogP contribution in [0.5, 0.6) is 5.75 Å². The number of hydrogen-bond donors (Lipinski definition) is 1. The van der Waals surface area contributed by atoms with Gasteiger partial charge in [0.05, 0.1) is 13.3 Å². The molecule has 2 aromatic rings. The smallest absolute Gasteiger partial charge is 0.144 e. The lowest BCUT2D eigenvalue weighted by atomic mass is 10.2. The van der Waals surface area contributed by atoms with Crippen LogP contribution >= 0.6 is 0 Å². The fourth-order valence-electron chi connectivity index (χ4n) is 2.25. The molecule has 1 unspecified atom stereocenters. The van der Waals surface area contributed by atoms with Crippen LogP contribution in [0.15, 0.2) is 24.4 Å². The Labute approximate surface area is 127 Å². The Morgan fingerprint density at radius 1 is 1.33 bits per heavy atom. The summed E-state index contributed by atoms with van der Waals surface area (Å²) in [6.45, 7) is 9.40. The summed E-state index contributed by atoms with van der Waals surface area (Å²) in [4.78, 5) is 0. The number of ether oxygens (including phenoxy) is 1. The summed E-state index contributed by atoms with van der Waals surface area (Å²) in [5, 5.41) is 8.05. The molecule has 4 heteroatoms. The van der Waals surface area contributed by atoms with Gasteiger partial charge < -0.3 is 10.1 Å². The third kappa shape index (κ3) is 3.45. The average molecular weight is 287 g/mol. The van der Waals surface area contributed by atoms with Gasteiger partial charge in [-0.05, 0) is 44.9 Å². The molecule has 0 spiro atoms. The van der Waals surface area contributed by atoms with Crippen molar-refractivity contribution in [3.05, 3.63) is 41.2 Å². The van der Waals surface area contributed by atoms with Crippen molar-refractivity contribution < 1.29 is 4.74 Å². The van der Waals surface area contributed by atoms with E-state index in [1.165, 1.54) is 11.1 Å². The largest absolute Gasteiger partial charge is 0.494 e. The maximum Gasteiger partial charge on any atom is 0.144 e. The van der Waals surface area contributed by atoms with Crippen molar-refractivity contribution in [1.29, 1.82) is 0 Å². The summed E-state index contributed by atoms with van der Waals surface area (Å²) < 4.78 is 7.42. The zero-order valence-electron chi connectivity index (χ0n) is 13.6. The maximum atomic E-state index is 5.46. The highest BCUT2D eigenvalue weighted by Gasteiger charge is 2.12. The van der Waals surface area contributed by atoms with Crippen molar-refractivity contribution in [2.75, 3.05) is 7.11 Å². The molecule has 0 radical (unpaired) electrons. The number of rotatable bonds is 6. The van der Waals surface area contributed by atoms with Crippen molar-refractivity contribution in [1.82, 2.24) is 15.1 Å². The highest BCUT2D eigenvalue weighted by molar-refractivity contribution is 5.49. The first-order chi connectivity index (χ1) is 10.1. The van der Waals surface area contributed by atoms with Gasteiger partial charge in [0, 0.05) is 23.8 Å². The van der Waals surface area contributed by atoms with Crippen LogP contribution in [0.1, 0.15) is 37.1 Å². The highest BCUT2D eigenvalue weighted by Crippen LogP contribution is 2.25. The van der Waals surface area contributed by atoms with Crippen LogP contribution in [0, 0.1) is 13.8 Å². The monoisotopic (exact) mass is 287 g/mol. The number of nitrogens with zero attached hydrogens (tertiary/aromatic N) is 2. The number of nitrogens with one attached hydrogen (secondary N) is 1. The topological polar surface area (TPSA) is 39.1 Å². The van der Waals surface area contributed by atoms with Gasteiger partial charge in [-0.25, -0.2) is 4.68 Å². The van der Waals surface area contributed by atoms with E-state index in [0.717, 1.165) is 30.1 Å². The van der Waals surface area contributed by atoms with E-state index in [0.29, 0.717) is 6.04 Å². The van der Waals surface area contributed by atoms with E-state index in [1.54, 1.807) is 7.11 Å². The van der Waals surface area contributed by atoms with Crippen molar-refractivity contribution in [2.45, 2.75) is 46.7 Å². The normalized spacial score (nSPS) is 12.4. The molecule has 1 aromatic carbocycles. The van der Waals surface area contributed by atoms with Crippen LogP contribution in [0.3, 0.4) is 0 Å². The van der Waals surface area contributed by atoms with E-state index in [4.69, 9.17) is 4.74 Å². The molecule has 2 rings (SSSR count). The minimum atomic E-state index is 0.515. The quantitative estimate of drug-likeness (QED) is 0.885. The molecule has 0 aliphatic carbocycles. The van der Waals surface area contributed by atoms with Gasteiger partial charge in [-0.15, -0.1) is 0 Å². The predicted octanol–water partition coefficient (Wildman–Crippen LogP) is 3.39. The minimum absolute atomic E-state index is 0.515. The second-order valence-electron chi connectivity index (χ2n) is 5.53. The zero-order chi connectivity index (χ0) is 15.4. The Bertz CT molecular complexity index is 604. The Morgan fingerprint density at radius 3 is 2.76 bits per heavy atom.